The number of hydrogen-bond donors (Lipinski definition) is 0. The van der Waals surface area contributed by atoms with Gasteiger partial charge >= 0.3 is 5.97 Å². The Labute approximate surface area is 70.8 Å². The zero-order chi connectivity index (χ0) is 9.14. The Balaban J connectivity index is 2.57. The second kappa shape index (κ2) is 3.67. The summed E-state index contributed by atoms with van der Waals surface area (Å²) in [6, 6.07) is 0. The topological polar surface area (TPSA) is 52.6 Å². The first-order valence-electron chi connectivity index (χ1n) is 3.95. The fourth-order valence-corrected chi connectivity index (χ4v) is 1.20. The molecule has 4 heteroatoms. The number of cyclic esters (lactones) is 1. The molecule has 0 aromatic rings. The highest BCUT2D eigenvalue weighted by Crippen LogP contribution is 2.23. The fourth-order valence-electron chi connectivity index (χ4n) is 1.20. The normalized spacial score (nSPS) is 28.7. The van der Waals surface area contributed by atoms with Crippen molar-refractivity contribution in [1.29, 1.82) is 0 Å². The van der Waals surface area contributed by atoms with Crippen molar-refractivity contribution in [3.63, 3.8) is 0 Å². The molecule has 68 valence electrons. The molecule has 2 unspecified atom stereocenters. The highest BCUT2D eigenvalue weighted by atomic mass is 16.7. The maximum atomic E-state index is 11.1. The van der Waals surface area contributed by atoms with Gasteiger partial charge in [0.25, 0.3) is 0 Å². The highest BCUT2D eigenvalue weighted by Gasteiger charge is 2.38. The van der Waals surface area contributed by atoms with E-state index in [-0.39, 0.29) is 5.78 Å². The first-order valence-corrected chi connectivity index (χ1v) is 3.95. The van der Waals surface area contributed by atoms with Crippen LogP contribution in [0.15, 0.2) is 0 Å². The average molecular weight is 172 g/mol. The molecule has 1 heterocycles. The number of rotatable bonds is 3. The molecular weight excluding hydrogens is 160 g/mol. The molecule has 1 aliphatic rings. The molecule has 1 aliphatic heterocycles. The van der Waals surface area contributed by atoms with Crippen LogP contribution in [0.1, 0.15) is 19.8 Å². The van der Waals surface area contributed by atoms with Crippen molar-refractivity contribution in [2.45, 2.75) is 26.1 Å². The lowest BCUT2D eigenvalue weighted by atomic mass is 10.0. The molecule has 4 nitrogen and oxygen atoms in total. The molecule has 2 atom stereocenters. The zero-order valence-electron chi connectivity index (χ0n) is 7.20. The Kier molecular flexibility index (Phi) is 2.81. The molecule has 0 N–H and O–H groups in total. The summed E-state index contributed by atoms with van der Waals surface area (Å²) in [5.74, 6) is -1.12. The van der Waals surface area contributed by atoms with Crippen LogP contribution in [0.5, 0.6) is 0 Å². The number of esters is 1. The first kappa shape index (κ1) is 9.19. The van der Waals surface area contributed by atoms with Gasteiger partial charge in [-0.05, 0) is 0 Å². The van der Waals surface area contributed by atoms with E-state index in [1.165, 1.54) is 7.11 Å². The van der Waals surface area contributed by atoms with Gasteiger partial charge in [0.2, 0.25) is 6.29 Å². The van der Waals surface area contributed by atoms with Gasteiger partial charge < -0.3 is 9.47 Å². The lowest BCUT2D eigenvalue weighted by Crippen LogP contribution is -2.17. The predicted molar refractivity (Wildman–Crippen MR) is 40.3 cm³/mol. The zero-order valence-corrected chi connectivity index (χ0v) is 7.20. The summed E-state index contributed by atoms with van der Waals surface area (Å²) in [6.07, 6.45) is 0.205. The number of ketones is 1. The number of carbonyl (C=O) groups is 2. The molecular formula is C8H12O4. The monoisotopic (exact) mass is 172 g/mol. The van der Waals surface area contributed by atoms with Crippen LogP contribution < -0.4 is 0 Å². The second-order valence-corrected chi connectivity index (χ2v) is 2.71. The van der Waals surface area contributed by atoms with Gasteiger partial charge in [-0.2, -0.15) is 0 Å². The molecule has 0 bridgehead atoms. The first-order chi connectivity index (χ1) is 5.69. The van der Waals surface area contributed by atoms with Crippen LogP contribution in [0, 0.1) is 5.92 Å². The fraction of sp³-hybridized carbons (Fsp3) is 0.750. The molecule has 0 aromatic carbocycles. The van der Waals surface area contributed by atoms with Crippen molar-refractivity contribution in [1.82, 2.24) is 0 Å². The quantitative estimate of drug-likeness (QED) is 0.459. The largest absolute Gasteiger partial charge is 0.435 e. The van der Waals surface area contributed by atoms with Crippen molar-refractivity contribution < 1.29 is 19.1 Å². The van der Waals surface area contributed by atoms with Gasteiger partial charge in [-0.1, -0.05) is 6.92 Å². The number of hydrogen-bond acceptors (Lipinski definition) is 4. The van der Waals surface area contributed by atoms with Crippen molar-refractivity contribution in [2.75, 3.05) is 7.11 Å². The minimum Gasteiger partial charge on any atom is -0.435 e. The second-order valence-electron chi connectivity index (χ2n) is 2.71. The molecule has 0 aromatic heterocycles. The molecule has 0 aliphatic carbocycles. The Bertz CT molecular complexity index is 199. The van der Waals surface area contributed by atoms with Crippen LogP contribution in [0.2, 0.25) is 0 Å². The molecule has 1 fully saturated rings. The third-order valence-corrected chi connectivity index (χ3v) is 1.96. The van der Waals surface area contributed by atoms with Crippen LogP contribution in [-0.2, 0) is 19.1 Å². The number of ether oxygens (including phenoxy) is 2. The van der Waals surface area contributed by atoms with Gasteiger partial charge in [-0.3, -0.25) is 9.59 Å². The minimum absolute atomic E-state index is 0.0699. The van der Waals surface area contributed by atoms with Crippen LogP contribution in [-0.4, -0.2) is 25.2 Å². The third-order valence-electron chi connectivity index (χ3n) is 1.96. The van der Waals surface area contributed by atoms with E-state index in [4.69, 9.17) is 9.47 Å². The van der Waals surface area contributed by atoms with Crippen molar-refractivity contribution in [3.05, 3.63) is 0 Å². The molecule has 12 heavy (non-hydrogen) atoms. The molecule has 0 amide bonds. The third kappa shape index (κ3) is 1.64. The Morgan fingerprint density at radius 3 is 2.83 bits per heavy atom. The van der Waals surface area contributed by atoms with Crippen LogP contribution in [0.25, 0.3) is 0 Å². The maximum Gasteiger partial charge on any atom is 0.319 e. The van der Waals surface area contributed by atoms with Crippen LogP contribution >= 0.6 is 0 Å². The van der Waals surface area contributed by atoms with E-state index in [2.05, 4.69) is 0 Å². The van der Waals surface area contributed by atoms with Gasteiger partial charge in [0, 0.05) is 20.0 Å². The highest BCUT2D eigenvalue weighted by molar-refractivity contribution is 5.99. The molecule has 1 saturated heterocycles. The van der Waals surface area contributed by atoms with Gasteiger partial charge in [-0.15, -0.1) is 0 Å². The lowest BCUT2D eigenvalue weighted by Gasteiger charge is -2.03. The molecule has 1 rings (SSSR count). The maximum absolute atomic E-state index is 11.1. The number of carbonyl (C=O) groups excluding carboxylic acids is 2. The van der Waals surface area contributed by atoms with Crippen molar-refractivity contribution in [2.24, 2.45) is 5.92 Å². The average Bonchev–Trinajstić information content (AvgIpc) is 2.45. The summed E-state index contributed by atoms with van der Waals surface area (Å²) in [5, 5.41) is 0. The summed E-state index contributed by atoms with van der Waals surface area (Å²) in [6.45, 7) is 1.73. The summed E-state index contributed by atoms with van der Waals surface area (Å²) < 4.78 is 9.58. The SMILES string of the molecule is CCC(=O)C1CC(OC)OC1=O. The van der Waals surface area contributed by atoms with Gasteiger partial charge in [0.15, 0.2) is 0 Å². The van der Waals surface area contributed by atoms with Crippen molar-refractivity contribution in [3.8, 4) is 0 Å². The van der Waals surface area contributed by atoms with E-state index in [0.29, 0.717) is 12.8 Å². The molecule has 0 radical (unpaired) electrons. The van der Waals surface area contributed by atoms with E-state index >= 15 is 0 Å². The van der Waals surface area contributed by atoms with E-state index in [9.17, 15) is 9.59 Å². The predicted octanol–water partition coefficient (Wildman–Crippen LogP) is 0.501. The smallest absolute Gasteiger partial charge is 0.319 e. The minimum atomic E-state index is -0.597. The van der Waals surface area contributed by atoms with Gasteiger partial charge in [-0.25, -0.2) is 0 Å². The Morgan fingerprint density at radius 2 is 2.42 bits per heavy atom. The van der Waals surface area contributed by atoms with E-state index in [0.717, 1.165) is 0 Å². The summed E-state index contributed by atoms with van der Waals surface area (Å²) in [4.78, 5) is 22.2. The standard InChI is InChI=1S/C8H12O4/c1-3-6(9)5-4-7(11-2)12-8(5)10/h5,7H,3-4H2,1-2H3. The Hall–Kier alpha value is -0.900. The van der Waals surface area contributed by atoms with E-state index in [1.807, 2.05) is 0 Å². The number of methoxy groups -OCH3 is 1. The van der Waals surface area contributed by atoms with Crippen molar-refractivity contribution >= 4 is 11.8 Å². The molecule has 0 spiro atoms. The van der Waals surface area contributed by atoms with E-state index < -0.39 is 18.2 Å². The summed E-state index contributed by atoms with van der Waals surface area (Å²) in [7, 11) is 1.46. The lowest BCUT2D eigenvalue weighted by molar-refractivity contribution is -0.159. The van der Waals surface area contributed by atoms with Crippen LogP contribution in [0.4, 0.5) is 0 Å². The number of Topliss-reactive ketones (excluding diaryl/α,β-unsaturated/α-hetero) is 1. The Morgan fingerprint density at radius 1 is 1.75 bits per heavy atom. The van der Waals surface area contributed by atoms with Crippen LogP contribution in [0.3, 0.4) is 0 Å². The summed E-state index contributed by atoms with van der Waals surface area (Å²) >= 11 is 0. The van der Waals surface area contributed by atoms with Gasteiger partial charge in [0.1, 0.15) is 11.7 Å². The van der Waals surface area contributed by atoms with E-state index in [1.54, 1.807) is 6.92 Å². The summed E-state index contributed by atoms with van der Waals surface area (Å²) in [5.41, 5.74) is 0. The van der Waals surface area contributed by atoms with Gasteiger partial charge in [0.05, 0.1) is 0 Å². The molecule has 0 saturated carbocycles.